The molecule has 0 aliphatic heterocycles. The van der Waals surface area contributed by atoms with E-state index in [9.17, 15) is 13.2 Å². The number of rotatable bonds is 11. The number of carbonyl (C=O) groups is 1. The fourth-order valence-electron chi connectivity index (χ4n) is 3.06. The number of sulfonamides is 1. The van der Waals surface area contributed by atoms with Crippen LogP contribution in [0.15, 0.2) is 53.4 Å². The summed E-state index contributed by atoms with van der Waals surface area (Å²) in [5.41, 5.74) is 0.855. The second kappa shape index (κ2) is 11.3. The molecular formula is C22H29ClN2O4S. The molecule has 2 aromatic carbocycles. The highest BCUT2D eigenvalue weighted by Crippen LogP contribution is 2.27. The molecule has 0 aliphatic carbocycles. The van der Waals surface area contributed by atoms with Crippen molar-refractivity contribution in [2.75, 3.05) is 6.61 Å². The smallest absolute Gasteiger partial charge is 0.241 e. The molecule has 0 unspecified atom stereocenters. The van der Waals surface area contributed by atoms with Crippen LogP contribution in [0, 0.1) is 0 Å². The van der Waals surface area contributed by atoms with Crippen LogP contribution in [-0.4, -0.2) is 33.0 Å². The number of nitrogens with one attached hydrogen (secondary N) is 2. The van der Waals surface area contributed by atoms with Crippen LogP contribution >= 0.6 is 11.6 Å². The zero-order valence-corrected chi connectivity index (χ0v) is 19.1. The summed E-state index contributed by atoms with van der Waals surface area (Å²) in [4.78, 5) is 12.8. The highest BCUT2D eigenvalue weighted by molar-refractivity contribution is 7.89. The summed E-state index contributed by atoms with van der Waals surface area (Å²) in [7, 11) is -3.98. The van der Waals surface area contributed by atoms with E-state index in [0.29, 0.717) is 12.4 Å². The fourth-order valence-corrected chi connectivity index (χ4v) is 4.58. The van der Waals surface area contributed by atoms with Crippen LogP contribution in [0.1, 0.15) is 39.2 Å². The molecule has 2 N–H and O–H groups in total. The minimum absolute atomic E-state index is 0.0246. The van der Waals surface area contributed by atoms with Gasteiger partial charge in [0.05, 0.1) is 16.5 Å². The van der Waals surface area contributed by atoms with E-state index in [2.05, 4.69) is 10.0 Å². The van der Waals surface area contributed by atoms with Gasteiger partial charge in [0.1, 0.15) is 11.8 Å². The van der Waals surface area contributed by atoms with E-state index in [1.54, 1.807) is 0 Å². The van der Waals surface area contributed by atoms with E-state index in [1.807, 2.05) is 51.1 Å². The lowest BCUT2D eigenvalue weighted by molar-refractivity contribution is -0.123. The molecule has 164 valence electrons. The Labute approximate surface area is 184 Å². The third-order valence-corrected chi connectivity index (χ3v) is 6.29. The molecule has 0 fully saturated rings. The SMILES string of the molecule is CCC[C@H](C)NC(=O)[C@H](Cc1ccccc1)NS(=O)(=O)c1ccc(OCC)c(Cl)c1. The van der Waals surface area contributed by atoms with E-state index >= 15 is 0 Å². The maximum absolute atomic E-state index is 13.0. The molecule has 0 aliphatic rings. The highest BCUT2D eigenvalue weighted by Gasteiger charge is 2.27. The molecule has 0 saturated carbocycles. The van der Waals surface area contributed by atoms with Crippen molar-refractivity contribution < 1.29 is 17.9 Å². The maximum atomic E-state index is 13.0. The number of ether oxygens (including phenoxy) is 1. The van der Waals surface area contributed by atoms with Gasteiger partial charge in [-0.3, -0.25) is 4.79 Å². The van der Waals surface area contributed by atoms with Crippen LogP contribution in [0.3, 0.4) is 0 Å². The summed E-state index contributed by atoms with van der Waals surface area (Å²) in [6.07, 6.45) is 1.96. The quantitative estimate of drug-likeness (QED) is 0.541. The topological polar surface area (TPSA) is 84.5 Å². The van der Waals surface area contributed by atoms with Crippen molar-refractivity contribution in [2.45, 2.75) is 57.0 Å². The molecule has 6 nitrogen and oxygen atoms in total. The Kier molecular flexibility index (Phi) is 9.14. The van der Waals surface area contributed by atoms with Crippen LogP contribution in [0.5, 0.6) is 5.75 Å². The highest BCUT2D eigenvalue weighted by atomic mass is 35.5. The third kappa shape index (κ3) is 7.00. The van der Waals surface area contributed by atoms with Crippen molar-refractivity contribution in [3.63, 3.8) is 0 Å². The van der Waals surface area contributed by atoms with E-state index < -0.39 is 16.1 Å². The number of amides is 1. The summed E-state index contributed by atoms with van der Waals surface area (Å²) in [5.74, 6) is 0.0468. The van der Waals surface area contributed by atoms with Gasteiger partial charge in [0.15, 0.2) is 0 Å². The molecular weight excluding hydrogens is 424 g/mol. The minimum atomic E-state index is -3.98. The minimum Gasteiger partial charge on any atom is -0.492 e. The van der Waals surface area contributed by atoms with Gasteiger partial charge in [-0.1, -0.05) is 55.3 Å². The Hall–Kier alpha value is -2.09. The molecule has 0 saturated heterocycles. The summed E-state index contributed by atoms with van der Waals surface area (Å²) in [6, 6.07) is 12.5. The van der Waals surface area contributed by atoms with Crippen LogP contribution in [-0.2, 0) is 21.2 Å². The van der Waals surface area contributed by atoms with Crippen LogP contribution in [0.25, 0.3) is 0 Å². The Balaban J connectivity index is 2.26. The number of carbonyl (C=O) groups excluding carboxylic acids is 1. The average Bonchev–Trinajstić information content (AvgIpc) is 2.70. The molecule has 0 spiro atoms. The van der Waals surface area contributed by atoms with Crippen molar-refractivity contribution in [1.29, 1.82) is 0 Å². The summed E-state index contributed by atoms with van der Waals surface area (Å²) < 4.78 is 33.9. The lowest BCUT2D eigenvalue weighted by atomic mass is 10.1. The van der Waals surface area contributed by atoms with Gasteiger partial charge in [0.2, 0.25) is 15.9 Å². The second-order valence-electron chi connectivity index (χ2n) is 7.09. The van der Waals surface area contributed by atoms with Gasteiger partial charge in [-0.05, 0) is 50.5 Å². The first-order valence-corrected chi connectivity index (χ1v) is 11.9. The number of halogens is 1. The molecule has 30 heavy (non-hydrogen) atoms. The zero-order chi connectivity index (χ0) is 22.1. The van der Waals surface area contributed by atoms with Gasteiger partial charge in [0, 0.05) is 6.04 Å². The second-order valence-corrected chi connectivity index (χ2v) is 9.21. The largest absolute Gasteiger partial charge is 0.492 e. The molecule has 2 atom stereocenters. The number of hydrogen-bond acceptors (Lipinski definition) is 4. The van der Waals surface area contributed by atoms with E-state index in [0.717, 1.165) is 18.4 Å². The van der Waals surface area contributed by atoms with E-state index in [1.165, 1.54) is 18.2 Å². The average molecular weight is 453 g/mol. The van der Waals surface area contributed by atoms with Gasteiger partial charge in [-0.25, -0.2) is 8.42 Å². The first-order valence-electron chi connectivity index (χ1n) is 10.1. The predicted octanol–water partition coefficient (Wildman–Crippen LogP) is 3.93. The monoisotopic (exact) mass is 452 g/mol. The normalized spacial score (nSPS) is 13.5. The Morgan fingerprint density at radius 1 is 1.13 bits per heavy atom. The van der Waals surface area contributed by atoms with Crippen molar-refractivity contribution in [3.8, 4) is 5.75 Å². The lowest BCUT2D eigenvalue weighted by Crippen LogP contribution is -2.50. The number of benzene rings is 2. The first kappa shape index (κ1) is 24.2. The van der Waals surface area contributed by atoms with Crippen LogP contribution < -0.4 is 14.8 Å². The van der Waals surface area contributed by atoms with Crippen LogP contribution in [0.2, 0.25) is 5.02 Å². The van der Waals surface area contributed by atoms with Gasteiger partial charge in [-0.2, -0.15) is 4.72 Å². The van der Waals surface area contributed by atoms with Crippen molar-refractivity contribution in [2.24, 2.45) is 0 Å². The molecule has 2 rings (SSSR count). The van der Waals surface area contributed by atoms with Crippen molar-refractivity contribution in [1.82, 2.24) is 10.0 Å². The zero-order valence-electron chi connectivity index (χ0n) is 17.5. The predicted molar refractivity (Wildman–Crippen MR) is 119 cm³/mol. The standard InChI is InChI=1S/C22H29ClN2O4S/c1-4-9-16(3)24-22(26)20(14-17-10-7-6-8-11-17)25-30(27,28)18-12-13-21(29-5-2)19(23)15-18/h6-8,10-13,15-16,20,25H,4-5,9,14H2,1-3H3,(H,24,26)/t16-,20-/m0/s1. The van der Waals surface area contributed by atoms with Gasteiger partial charge in [-0.15, -0.1) is 0 Å². The van der Waals surface area contributed by atoms with Gasteiger partial charge >= 0.3 is 0 Å². The Morgan fingerprint density at radius 2 is 1.83 bits per heavy atom. The summed E-state index contributed by atoms with van der Waals surface area (Å²) in [5, 5.41) is 3.10. The molecule has 0 heterocycles. The molecule has 0 aromatic heterocycles. The molecule has 1 amide bonds. The Bertz CT molecular complexity index is 935. The first-order chi connectivity index (χ1) is 14.3. The maximum Gasteiger partial charge on any atom is 0.241 e. The third-order valence-electron chi connectivity index (χ3n) is 4.52. The van der Waals surface area contributed by atoms with Crippen molar-refractivity contribution in [3.05, 3.63) is 59.1 Å². The molecule has 8 heteroatoms. The van der Waals surface area contributed by atoms with Crippen LogP contribution in [0.4, 0.5) is 0 Å². The fraction of sp³-hybridized carbons (Fsp3) is 0.409. The molecule has 0 radical (unpaired) electrons. The summed E-state index contributed by atoms with van der Waals surface area (Å²) >= 11 is 6.15. The number of hydrogen-bond donors (Lipinski definition) is 2. The molecule has 0 bridgehead atoms. The Morgan fingerprint density at radius 3 is 2.43 bits per heavy atom. The van der Waals surface area contributed by atoms with Gasteiger partial charge < -0.3 is 10.1 Å². The van der Waals surface area contributed by atoms with E-state index in [4.69, 9.17) is 16.3 Å². The summed E-state index contributed by atoms with van der Waals surface area (Å²) in [6.45, 7) is 6.17. The molecule has 2 aromatic rings. The van der Waals surface area contributed by atoms with Crippen molar-refractivity contribution >= 4 is 27.5 Å². The van der Waals surface area contributed by atoms with Gasteiger partial charge in [0.25, 0.3) is 0 Å². The lowest BCUT2D eigenvalue weighted by Gasteiger charge is -2.21. The van der Waals surface area contributed by atoms with E-state index in [-0.39, 0.29) is 28.3 Å².